The first-order valence-corrected chi connectivity index (χ1v) is 11.7. The molecule has 1 aromatic heterocycles. The summed E-state index contributed by atoms with van der Waals surface area (Å²) in [6.07, 6.45) is 1.14. The molecule has 4 rings (SSSR count). The van der Waals surface area contributed by atoms with E-state index < -0.39 is 0 Å². The molecule has 0 saturated carbocycles. The van der Waals surface area contributed by atoms with E-state index in [9.17, 15) is 0 Å². The van der Waals surface area contributed by atoms with Crippen LogP contribution in [0.1, 0.15) is 23.2 Å². The van der Waals surface area contributed by atoms with Gasteiger partial charge in [0.2, 0.25) is 0 Å². The summed E-state index contributed by atoms with van der Waals surface area (Å²) < 4.78 is 11.0. The van der Waals surface area contributed by atoms with E-state index in [4.69, 9.17) is 19.7 Å². The first kappa shape index (κ1) is 22.3. The van der Waals surface area contributed by atoms with Crippen LogP contribution in [-0.2, 0) is 13.1 Å². The fraction of sp³-hybridized carbons (Fsp3) is 0.360. The maximum atomic E-state index is 8.97. The molecule has 1 aliphatic rings. The fourth-order valence-corrected chi connectivity index (χ4v) is 4.90. The molecule has 0 bridgehead atoms. The highest BCUT2D eigenvalue weighted by Crippen LogP contribution is 2.39. The SMILES string of the molecule is COc1cccc(-c2nc(CN3CCCN(Cc4ccc(C#N)cc4)CC3)cs2)c1OC. The molecule has 0 atom stereocenters. The number of benzene rings is 2. The predicted octanol–water partition coefficient (Wildman–Crippen LogP) is 4.41. The first-order chi connectivity index (χ1) is 15.7. The van der Waals surface area contributed by atoms with Crippen molar-refractivity contribution in [3.05, 3.63) is 64.7 Å². The maximum Gasteiger partial charge on any atom is 0.170 e. The Hall–Kier alpha value is -2.92. The van der Waals surface area contributed by atoms with Gasteiger partial charge in [-0.2, -0.15) is 5.26 Å². The molecule has 2 heterocycles. The third kappa shape index (κ3) is 5.28. The minimum Gasteiger partial charge on any atom is -0.493 e. The number of hydrogen-bond acceptors (Lipinski definition) is 7. The molecule has 0 N–H and O–H groups in total. The number of para-hydroxylation sites is 1. The zero-order chi connectivity index (χ0) is 22.3. The number of nitriles is 1. The van der Waals surface area contributed by atoms with E-state index in [1.807, 2.05) is 30.3 Å². The van der Waals surface area contributed by atoms with Crippen molar-refractivity contribution >= 4 is 11.3 Å². The van der Waals surface area contributed by atoms with Crippen molar-refractivity contribution < 1.29 is 9.47 Å². The highest BCUT2D eigenvalue weighted by molar-refractivity contribution is 7.13. The van der Waals surface area contributed by atoms with Crippen molar-refractivity contribution in [3.8, 4) is 28.1 Å². The Balaban J connectivity index is 1.37. The molecule has 1 fully saturated rings. The van der Waals surface area contributed by atoms with Crippen LogP contribution in [0.4, 0.5) is 0 Å². The topological polar surface area (TPSA) is 61.6 Å². The van der Waals surface area contributed by atoms with Crippen LogP contribution in [0.3, 0.4) is 0 Å². The van der Waals surface area contributed by atoms with Gasteiger partial charge in [-0.3, -0.25) is 9.80 Å². The minimum atomic E-state index is 0.713. The summed E-state index contributed by atoms with van der Waals surface area (Å²) in [5.41, 5.74) is 4.03. The van der Waals surface area contributed by atoms with Gasteiger partial charge >= 0.3 is 0 Å². The van der Waals surface area contributed by atoms with Crippen molar-refractivity contribution in [2.24, 2.45) is 0 Å². The molecule has 0 unspecified atom stereocenters. The normalized spacial score (nSPS) is 15.2. The Labute approximate surface area is 193 Å². The van der Waals surface area contributed by atoms with E-state index in [0.29, 0.717) is 5.56 Å². The van der Waals surface area contributed by atoms with Crippen LogP contribution < -0.4 is 9.47 Å². The van der Waals surface area contributed by atoms with Crippen LogP contribution >= 0.6 is 11.3 Å². The fourth-order valence-electron chi connectivity index (χ4n) is 4.07. The van der Waals surface area contributed by atoms with Gasteiger partial charge in [-0.25, -0.2) is 4.98 Å². The van der Waals surface area contributed by atoms with Crippen LogP contribution in [0.5, 0.6) is 11.5 Å². The molecule has 3 aromatic rings. The van der Waals surface area contributed by atoms with Gasteiger partial charge in [0.05, 0.1) is 37.1 Å². The monoisotopic (exact) mass is 448 g/mol. The number of hydrogen-bond donors (Lipinski definition) is 0. The van der Waals surface area contributed by atoms with E-state index in [1.165, 1.54) is 5.56 Å². The van der Waals surface area contributed by atoms with Crippen molar-refractivity contribution in [2.45, 2.75) is 19.5 Å². The van der Waals surface area contributed by atoms with Gasteiger partial charge in [-0.05, 0) is 49.3 Å². The van der Waals surface area contributed by atoms with Crippen LogP contribution in [0.2, 0.25) is 0 Å². The lowest BCUT2D eigenvalue weighted by Crippen LogP contribution is -2.30. The van der Waals surface area contributed by atoms with Gasteiger partial charge in [0, 0.05) is 31.6 Å². The summed E-state index contributed by atoms with van der Waals surface area (Å²) in [5, 5.41) is 12.1. The zero-order valence-corrected chi connectivity index (χ0v) is 19.4. The van der Waals surface area contributed by atoms with Crippen molar-refractivity contribution in [1.29, 1.82) is 5.26 Å². The Morgan fingerprint density at radius 2 is 1.72 bits per heavy atom. The van der Waals surface area contributed by atoms with Crippen molar-refractivity contribution in [3.63, 3.8) is 0 Å². The Morgan fingerprint density at radius 3 is 2.41 bits per heavy atom. The molecular weight excluding hydrogens is 420 g/mol. The average molecular weight is 449 g/mol. The van der Waals surface area contributed by atoms with Crippen LogP contribution in [0, 0.1) is 11.3 Å². The number of rotatable bonds is 7. The standard InChI is InChI=1S/C25H28N4O2S/c1-30-23-6-3-5-22(24(23)31-2)25-27-21(18-32-25)17-29-12-4-11-28(13-14-29)16-20-9-7-19(15-26)8-10-20/h3,5-10,18H,4,11-14,16-17H2,1-2H3. The molecule has 32 heavy (non-hydrogen) atoms. The summed E-state index contributed by atoms with van der Waals surface area (Å²) in [5.74, 6) is 1.45. The average Bonchev–Trinajstić information content (AvgIpc) is 3.19. The largest absolute Gasteiger partial charge is 0.493 e. The van der Waals surface area contributed by atoms with Crippen LogP contribution in [0.25, 0.3) is 10.6 Å². The highest BCUT2D eigenvalue weighted by Gasteiger charge is 2.18. The summed E-state index contributed by atoms with van der Waals surface area (Å²) in [7, 11) is 3.32. The first-order valence-electron chi connectivity index (χ1n) is 10.8. The summed E-state index contributed by atoms with van der Waals surface area (Å²) >= 11 is 1.64. The molecule has 2 aromatic carbocycles. The zero-order valence-electron chi connectivity index (χ0n) is 18.6. The Kier molecular flexibility index (Phi) is 7.38. The molecule has 0 amide bonds. The number of methoxy groups -OCH3 is 2. The summed E-state index contributed by atoms with van der Waals surface area (Å²) in [6.45, 7) is 5.98. The predicted molar refractivity (Wildman–Crippen MR) is 127 cm³/mol. The highest BCUT2D eigenvalue weighted by atomic mass is 32.1. The second kappa shape index (κ2) is 10.6. The lowest BCUT2D eigenvalue weighted by molar-refractivity contribution is 0.246. The summed E-state index contributed by atoms with van der Waals surface area (Å²) in [4.78, 5) is 9.88. The van der Waals surface area contributed by atoms with E-state index >= 15 is 0 Å². The Morgan fingerprint density at radius 1 is 0.969 bits per heavy atom. The summed E-state index contributed by atoms with van der Waals surface area (Å²) in [6, 6.07) is 16.0. The van der Waals surface area contributed by atoms with Gasteiger partial charge in [0.15, 0.2) is 11.5 Å². The van der Waals surface area contributed by atoms with E-state index in [2.05, 4.69) is 33.4 Å². The molecule has 7 heteroatoms. The quantitative estimate of drug-likeness (QED) is 0.534. The molecule has 1 saturated heterocycles. The van der Waals surface area contributed by atoms with Gasteiger partial charge in [-0.15, -0.1) is 11.3 Å². The van der Waals surface area contributed by atoms with Gasteiger partial charge in [-0.1, -0.05) is 18.2 Å². The van der Waals surface area contributed by atoms with Gasteiger partial charge in [0.1, 0.15) is 5.01 Å². The number of aromatic nitrogens is 1. The Bertz CT molecular complexity index is 1070. The maximum absolute atomic E-state index is 8.97. The molecule has 0 aliphatic carbocycles. The second-order valence-corrected chi connectivity index (χ2v) is 8.76. The third-order valence-electron chi connectivity index (χ3n) is 5.74. The number of ether oxygens (including phenoxy) is 2. The van der Waals surface area contributed by atoms with Crippen molar-refractivity contribution in [1.82, 2.24) is 14.8 Å². The number of thiazole rings is 1. The third-order valence-corrected chi connectivity index (χ3v) is 6.67. The van der Waals surface area contributed by atoms with Gasteiger partial charge in [0.25, 0.3) is 0 Å². The number of nitrogens with zero attached hydrogens (tertiary/aromatic N) is 4. The lowest BCUT2D eigenvalue weighted by Gasteiger charge is -2.21. The second-order valence-electron chi connectivity index (χ2n) is 7.90. The van der Waals surface area contributed by atoms with E-state index in [-0.39, 0.29) is 0 Å². The van der Waals surface area contributed by atoms with Gasteiger partial charge < -0.3 is 9.47 Å². The van der Waals surface area contributed by atoms with E-state index in [1.54, 1.807) is 25.6 Å². The minimum absolute atomic E-state index is 0.713. The molecule has 1 aliphatic heterocycles. The van der Waals surface area contributed by atoms with Crippen LogP contribution in [0.15, 0.2) is 47.8 Å². The molecule has 166 valence electrons. The molecule has 0 radical (unpaired) electrons. The van der Waals surface area contributed by atoms with Crippen LogP contribution in [-0.4, -0.2) is 55.2 Å². The molecular formula is C25H28N4O2S. The van der Waals surface area contributed by atoms with E-state index in [0.717, 1.165) is 73.5 Å². The smallest absolute Gasteiger partial charge is 0.170 e. The lowest BCUT2D eigenvalue weighted by atomic mass is 10.1. The molecule has 0 spiro atoms. The van der Waals surface area contributed by atoms with Crippen molar-refractivity contribution in [2.75, 3.05) is 40.4 Å². The molecule has 6 nitrogen and oxygen atoms in total.